The summed E-state index contributed by atoms with van der Waals surface area (Å²) in [6, 6.07) is 2.04. The molecule has 1 N–H and O–H groups in total. The van der Waals surface area contributed by atoms with Crippen LogP contribution in [0.25, 0.3) is 0 Å². The monoisotopic (exact) mass is 256 g/mol. The third kappa shape index (κ3) is 2.77. The van der Waals surface area contributed by atoms with Crippen molar-refractivity contribution in [2.24, 2.45) is 0 Å². The Morgan fingerprint density at radius 2 is 2.50 bits per heavy atom. The van der Waals surface area contributed by atoms with Crippen LogP contribution in [-0.4, -0.2) is 24.2 Å². The Labute approximate surface area is 92.0 Å². The van der Waals surface area contributed by atoms with Crippen molar-refractivity contribution in [2.75, 3.05) is 13.1 Å². The molecule has 1 aliphatic heterocycles. The zero-order valence-corrected chi connectivity index (χ0v) is 9.46. The summed E-state index contributed by atoms with van der Waals surface area (Å²) in [4.78, 5) is 4.09. The molecule has 0 aliphatic carbocycles. The van der Waals surface area contributed by atoms with Gasteiger partial charge in [-0.25, -0.2) is 0 Å². The summed E-state index contributed by atoms with van der Waals surface area (Å²) in [7, 11) is 0. The maximum atomic E-state index is 5.72. The number of pyridine rings is 1. The van der Waals surface area contributed by atoms with Crippen LogP contribution in [0.5, 0.6) is 0 Å². The Balaban J connectivity index is 1.85. The molecular formula is C10H13BrN2O. The van der Waals surface area contributed by atoms with Crippen LogP contribution in [0.1, 0.15) is 12.0 Å². The quantitative estimate of drug-likeness (QED) is 0.895. The number of hydrogen-bond acceptors (Lipinski definition) is 3. The second-order valence-corrected chi connectivity index (χ2v) is 4.35. The number of nitrogens with zero attached hydrogens (tertiary/aromatic N) is 1. The average molecular weight is 257 g/mol. The van der Waals surface area contributed by atoms with E-state index in [-0.39, 0.29) is 0 Å². The Hall–Kier alpha value is -0.450. The van der Waals surface area contributed by atoms with Gasteiger partial charge in [-0.3, -0.25) is 4.98 Å². The van der Waals surface area contributed by atoms with E-state index in [1.54, 1.807) is 6.20 Å². The van der Waals surface area contributed by atoms with Gasteiger partial charge in [-0.1, -0.05) is 0 Å². The number of nitrogens with one attached hydrogen (secondary N) is 1. The van der Waals surface area contributed by atoms with Crippen molar-refractivity contribution in [3.63, 3.8) is 0 Å². The number of aromatic nitrogens is 1. The molecule has 0 bridgehead atoms. The van der Waals surface area contributed by atoms with E-state index in [2.05, 4.69) is 26.2 Å². The van der Waals surface area contributed by atoms with Gasteiger partial charge in [0.15, 0.2) is 0 Å². The normalized spacial score (nSPS) is 21.4. The Morgan fingerprint density at radius 3 is 3.21 bits per heavy atom. The molecule has 1 saturated heterocycles. The van der Waals surface area contributed by atoms with Gasteiger partial charge in [0.1, 0.15) is 0 Å². The first-order chi connectivity index (χ1) is 6.84. The Morgan fingerprint density at radius 1 is 1.57 bits per heavy atom. The van der Waals surface area contributed by atoms with Gasteiger partial charge >= 0.3 is 0 Å². The fourth-order valence-electron chi connectivity index (χ4n) is 1.52. The highest BCUT2D eigenvalue weighted by Gasteiger charge is 2.14. The van der Waals surface area contributed by atoms with E-state index >= 15 is 0 Å². The molecule has 3 nitrogen and oxygen atoms in total. The Bertz CT molecular complexity index is 300. The van der Waals surface area contributed by atoms with E-state index in [1.807, 2.05) is 12.3 Å². The first kappa shape index (κ1) is 10.1. The fourth-order valence-corrected chi connectivity index (χ4v) is 1.93. The van der Waals surface area contributed by atoms with E-state index < -0.39 is 0 Å². The minimum absolute atomic E-state index is 0.369. The van der Waals surface area contributed by atoms with E-state index in [0.29, 0.717) is 12.7 Å². The smallest absolute Gasteiger partial charge is 0.0736 e. The van der Waals surface area contributed by atoms with Crippen LogP contribution < -0.4 is 5.32 Å². The van der Waals surface area contributed by atoms with Crippen molar-refractivity contribution in [3.8, 4) is 0 Å². The molecule has 1 atom stereocenters. The largest absolute Gasteiger partial charge is 0.372 e. The van der Waals surface area contributed by atoms with Crippen LogP contribution in [0, 0.1) is 0 Å². The molecule has 0 spiro atoms. The standard InChI is InChI=1S/C10H13BrN2O/c11-9-3-8(4-13-5-9)7-14-10-1-2-12-6-10/h3-5,10,12H,1-2,6-7H2. The second kappa shape index (κ2) is 4.87. The first-order valence-electron chi connectivity index (χ1n) is 4.76. The van der Waals surface area contributed by atoms with Crippen molar-refractivity contribution >= 4 is 15.9 Å². The van der Waals surface area contributed by atoms with Crippen molar-refractivity contribution in [3.05, 3.63) is 28.5 Å². The van der Waals surface area contributed by atoms with E-state index in [9.17, 15) is 0 Å². The lowest BCUT2D eigenvalue weighted by Gasteiger charge is -2.09. The highest BCUT2D eigenvalue weighted by molar-refractivity contribution is 9.10. The molecule has 2 rings (SSSR count). The van der Waals surface area contributed by atoms with Crippen LogP contribution in [0.15, 0.2) is 22.9 Å². The predicted octanol–water partition coefficient (Wildman–Crippen LogP) is 1.72. The molecule has 1 fully saturated rings. The molecular weight excluding hydrogens is 244 g/mol. The van der Waals surface area contributed by atoms with Gasteiger partial charge in [-0.2, -0.15) is 0 Å². The van der Waals surface area contributed by atoms with Gasteiger partial charge in [0, 0.05) is 23.4 Å². The molecule has 0 amide bonds. The van der Waals surface area contributed by atoms with Gasteiger partial charge in [0.25, 0.3) is 0 Å². The highest BCUT2D eigenvalue weighted by Crippen LogP contribution is 2.12. The summed E-state index contributed by atoms with van der Waals surface area (Å²) in [5.74, 6) is 0. The number of ether oxygens (including phenoxy) is 1. The van der Waals surface area contributed by atoms with Crippen LogP contribution in [-0.2, 0) is 11.3 Å². The first-order valence-corrected chi connectivity index (χ1v) is 5.55. The van der Waals surface area contributed by atoms with Gasteiger partial charge < -0.3 is 10.1 Å². The molecule has 0 saturated carbocycles. The van der Waals surface area contributed by atoms with Crippen molar-refractivity contribution in [1.82, 2.24) is 10.3 Å². The van der Waals surface area contributed by atoms with Crippen molar-refractivity contribution in [1.29, 1.82) is 0 Å². The summed E-state index contributed by atoms with van der Waals surface area (Å²) < 4.78 is 6.72. The highest BCUT2D eigenvalue weighted by atomic mass is 79.9. The summed E-state index contributed by atoms with van der Waals surface area (Å²) in [5.41, 5.74) is 1.12. The SMILES string of the molecule is Brc1cncc(COC2CCNC2)c1. The minimum Gasteiger partial charge on any atom is -0.372 e. The predicted molar refractivity (Wildman–Crippen MR) is 58.0 cm³/mol. The minimum atomic E-state index is 0.369. The third-order valence-corrected chi connectivity index (χ3v) is 2.70. The fraction of sp³-hybridized carbons (Fsp3) is 0.500. The van der Waals surface area contributed by atoms with Gasteiger partial charge in [-0.15, -0.1) is 0 Å². The van der Waals surface area contributed by atoms with Crippen molar-refractivity contribution in [2.45, 2.75) is 19.1 Å². The maximum Gasteiger partial charge on any atom is 0.0736 e. The molecule has 1 unspecified atom stereocenters. The number of rotatable bonds is 3. The zero-order chi connectivity index (χ0) is 9.80. The summed E-state index contributed by atoms with van der Waals surface area (Å²) in [5, 5.41) is 3.27. The van der Waals surface area contributed by atoms with Crippen LogP contribution in [0.4, 0.5) is 0 Å². The van der Waals surface area contributed by atoms with Gasteiger partial charge in [-0.05, 0) is 40.5 Å². The number of halogens is 1. The molecule has 0 radical (unpaired) electrons. The maximum absolute atomic E-state index is 5.72. The van der Waals surface area contributed by atoms with Gasteiger partial charge in [0.05, 0.1) is 12.7 Å². The van der Waals surface area contributed by atoms with Crippen LogP contribution in [0.2, 0.25) is 0 Å². The molecule has 2 heterocycles. The molecule has 76 valence electrons. The lowest BCUT2D eigenvalue weighted by atomic mass is 10.3. The van der Waals surface area contributed by atoms with E-state index in [4.69, 9.17) is 4.74 Å². The molecule has 0 aromatic carbocycles. The Kier molecular flexibility index (Phi) is 3.50. The van der Waals surface area contributed by atoms with Crippen molar-refractivity contribution < 1.29 is 4.74 Å². The number of hydrogen-bond donors (Lipinski definition) is 1. The lowest BCUT2D eigenvalue weighted by Crippen LogP contribution is -2.16. The van der Waals surface area contributed by atoms with Gasteiger partial charge in [0.2, 0.25) is 0 Å². The van der Waals surface area contributed by atoms with Crippen LogP contribution in [0.3, 0.4) is 0 Å². The third-order valence-electron chi connectivity index (χ3n) is 2.26. The average Bonchev–Trinajstić information content (AvgIpc) is 2.67. The summed E-state index contributed by atoms with van der Waals surface area (Å²) >= 11 is 3.39. The van der Waals surface area contributed by atoms with Crippen LogP contribution >= 0.6 is 15.9 Å². The lowest BCUT2D eigenvalue weighted by molar-refractivity contribution is 0.0540. The van der Waals surface area contributed by atoms with E-state index in [0.717, 1.165) is 29.5 Å². The van der Waals surface area contributed by atoms with E-state index in [1.165, 1.54) is 0 Å². The zero-order valence-electron chi connectivity index (χ0n) is 7.87. The molecule has 1 aromatic rings. The molecule has 14 heavy (non-hydrogen) atoms. The second-order valence-electron chi connectivity index (χ2n) is 3.44. The molecule has 1 aliphatic rings. The topological polar surface area (TPSA) is 34.1 Å². The summed E-state index contributed by atoms with van der Waals surface area (Å²) in [6.45, 7) is 2.70. The molecule has 4 heteroatoms. The molecule has 1 aromatic heterocycles. The summed E-state index contributed by atoms with van der Waals surface area (Å²) in [6.07, 6.45) is 5.10.